The Hall–Kier alpha value is -3.00. The fraction of sp³-hybridized carbons (Fsp3) is 0.478. The van der Waals surface area contributed by atoms with E-state index in [1.54, 1.807) is 6.92 Å². The second-order valence-electron chi connectivity index (χ2n) is 8.14. The number of amides is 3. The molecule has 3 amide bonds. The molecule has 1 fully saturated rings. The molecule has 4 unspecified atom stereocenters. The average molecular weight is 429 g/mol. The third kappa shape index (κ3) is 7.03. The minimum Gasteiger partial charge on any atom is -0.343 e. The third-order valence-electron chi connectivity index (χ3n) is 5.24. The first-order chi connectivity index (χ1) is 14.7. The largest absolute Gasteiger partial charge is 0.343 e. The Morgan fingerprint density at radius 3 is 2.42 bits per heavy atom. The van der Waals surface area contributed by atoms with Gasteiger partial charge in [-0.1, -0.05) is 35.9 Å². The van der Waals surface area contributed by atoms with Crippen LogP contribution < -0.4 is 16.4 Å². The van der Waals surface area contributed by atoms with Crippen LogP contribution in [0.1, 0.15) is 38.7 Å². The van der Waals surface area contributed by atoms with E-state index in [-0.39, 0.29) is 18.7 Å². The summed E-state index contributed by atoms with van der Waals surface area (Å²) in [4.78, 5) is 51.3. The molecule has 31 heavy (non-hydrogen) atoms. The maximum Gasteiger partial charge on any atom is 0.246 e. The number of nitrogens with one attached hydrogen (secondary N) is 2. The lowest BCUT2D eigenvalue weighted by Gasteiger charge is -2.28. The number of nitrogens with zero attached hydrogens (tertiary/aromatic N) is 1. The lowest BCUT2D eigenvalue weighted by molar-refractivity contribution is -0.139. The predicted octanol–water partition coefficient (Wildman–Crippen LogP) is 0.702. The number of benzene rings is 1. The number of rotatable bonds is 10. The summed E-state index contributed by atoms with van der Waals surface area (Å²) in [5, 5.41) is 5.44. The Labute approximate surface area is 183 Å². The molecule has 1 aromatic carbocycles. The SMILES string of the molecule is C=C(C)CC(NC(=O)C(Cc1ccccc1)NC(=O)C(C)N)C(=O)N1CCCC1C=O. The van der Waals surface area contributed by atoms with Gasteiger partial charge in [0.1, 0.15) is 18.4 Å². The molecule has 1 heterocycles. The van der Waals surface area contributed by atoms with Crippen LogP contribution >= 0.6 is 0 Å². The molecule has 8 heteroatoms. The van der Waals surface area contributed by atoms with E-state index in [0.717, 1.165) is 23.8 Å². The third-order valence-corrected chi connectivity index (χ3v) is 5.24. The summed E-state index contributed by atoms with van der Waals surface area (Å²) in [6.07, 6.45) is 2.62. The number of likely N-dealkylation sites (tertiary alicyclic amines) is 1. The summed E-state index contributed by atoms with van der Waals surface area (Å²) in [6, 6.07) is 6.24. The van der Waals surface area contributed by atoms with Gasteiger partial charge in [0.15, 0.2) is 0 Å². The van der Waals surface area contributed by atoms with Gasteiger partial charge in [-0.05, 0) is 38.7 Å². The molecule has 4 atom stereocenters. The van der Waals surface area contributed by atoms with E-state index in [1.807, 2.05) is 30.3 Å². The maximum absolute atomic E-state index is 13.1. The molecular formula is C23H32N4O4. The highest BCUT2D eigenvalue weighted by Crippen LogP contribution is 2.18. The first-order valence-electron chi connectivity index (χ1n) is 10.5. The van der Waals surface area contributed by atoms with Gasteiger partial charge in [0.05, 0.1) is 12.1 Å². The summed E-state index contributed by atoms with van der Waals surface area (Å²) < 4.78 is 0. The zero-order chi connectivity index (χ0) is 23.0. The predicted molar refractivity (Wildman–Crippen MR) is 118 cm³/mol. The van der Waals surface area contributed by atoms with Crippen molar-refractivity contribution >= 4 is 24.0 Å². The van der Waals surface area contributed by atoms with Gasteiger partial charge >= 0.3 is 0 Å². The van der Waals surface area contributed by atoms with Gasteiger partial charge in [-0.25, -0.2) is 0 Å². The van der Waals surface area contributed by atoms with Crippen LogP contribution in [0, 0.1) is 0 Å². The standard InChI is InChI=1S/C23H32N4O4/c1-15(2)12-20(23(31)27-11-7-10-18(27)14-28)26-22(30)19(25-21(29)16(3)24)13-17-8-5-4-6-9-17/h4-6,8-9,14,16,18-20H,1,7,10-13,24H2,2-3H3,(H,25,29)(H,26,30). The molecule has 0 bridgehead atoms. The molecule has 0 aliphatic carbocycles. The van der Waals surface area contributed by atoms with E-state index < -0.39 is 36.0 Å². The molecular weight excluding hydrogens is 396 g/mol. The Kier molecular flexibility index (Phi) is 8.93. The Morgan fingerprint density at radius 2 is 1.84 bits per heavy atom. The Bertz CT molecular complexity index is 809. The van der Waals surface area contributed by atoms with Crippen molar-refractivity contribution in [1.29, 1.82) is 0 Å². The number of nitrogens with two attached hydrogens (primary N) is 1. The molecule has 0 spiro atoms. The highest BCUT2D eigenvalue weighted by atomic mass is 16.2. The van der Waals surface area contributed by atoms with Crippen LogP contribution in [0.25, 0.3) is 0 Å². The highest BCUT2D eigenvalue weighted by Gasteiger charge is 2.35. The summed E-state index contributed by atoms with van der Waals surface area (Å²) in [6.45, 7) is 7.63. The molecule has 2 rings (SSSR count). The maximum atomic E-state index is 13.1. The van der Waals surface area contributed by atoms with Crippen LogP contribution in [-0.2, 0) is 25.6 Å². The zero-order valence-corrected chi connectivity index (χ0v) is 18.2. The minimum atomic E-state index is -0.901. The van der Waals surface area contributed by atoms with E-state index in [9.17, 15) is 19.2 Å². The van der Waals surface area contributed by atoms with E-state index in [2.05, 4.69) is 17.2 Å². The molecule has 1 aromatic rings. The minimum absolute atomic E-state index is 0.242. The quantitative estimate of drug-likeness (QED) is 0.374. The second-order valence-corrected chi connectivity index (χ2v) is 8.14. The van der Waals surface area contributed by atoms with E-state index in [0.29, 0.717) is 13.0 Å². The Morgan fingerprint density at radius 1 is 1.19 bits per heavy atom. The number of carbonyl (C=O) groups is 4. The molecule has 0 aromatic heterocycles. The lowest BCUT2D eigenvalue weighted by Crippen LogP contribution is -2.57. The van der Waals surface area contributed by atoms with Crippen LogP contribution in [0.15, 0.2) is 42.5 Å². The molecule has 8 nitrogen and oxygen atoms in total. The number of hydrogen-bond donors (Lipinski definition) is 3. The van der Waals surface area contributed by atoms with Gasteiger partial charge in [0.25, 0.3) is 0 Å². The number of carbonyl (C=O) groups excluding carboxylic acids is 4. The first-order valence-corrected chi connectivity index (χ1v) is 10.5. The van der Waals surface area contributed by atoms with Crippen LogP contribution in [0.3, 0.4) is 0 Å². The van der Waals surface area contributed by atoms with E-state index in [4.69, 9.17) is 5.73 Å². The summed E-state index contributed by atoms with van der Waals surface area (Å²) in [5.41, 5.74) is 7.24. The van der Waals surface area contributed by atoms with Crippen molar-refractivity contribution in [2.75, 3.05) is 6.54 Å². The van der Waals surface area contributed by atoms with Crippen LogP contribution in [0.4, 0.5) is 0 Å². The van der Waals surface area contributed by atoms with Crippen molar-refractivity contribution in [1.82, 2.24) is 15.5 Å². The fourth-order valence-corrected chi connectivity index (χ4v) is 3.59. The van der Waals surface area contributed by atoms with Crippen LogP contribution in [0.5, 0.6) is 0 Å². The van der Waals surface area contributed by atoms with Crippen molar-refractivity contribution < 1.29 is 19.2 Å². The van der Waals surface area contributed by atoms with Gasteiger partial charge in [0.2, 0.25) is 17.7 Å². The second kappa shape index (κ2) is 11.4. The van der Waals surface area contributed by atoms with Crippen LogP contribution in [0.2, 0.25) is 0 Å². The van der Waals surface area contributed by atoms with Crippen LogP contribution in [-0.4, -0.2) is 59.6 Å². The highest BCUT2D eigenvalue weighted by molar-refractivity contribution is 5.94. The topological polar surface area (TPSA) is 122 Å². The Balaban J connectivity index is 2.20. The van der Waals surface area contributed by atoms with Crippen molar-refractivity contribution in [3.8, 4) is 0 Å². The molecule has 1 aliphatic heterocycles. The van der Waals surface area contributed by atoms with E-state index in [1.165, 1.54) is 11.8 Å². The van der Waals surface area contributed by atoms with Crippen molar-refractivity contribution in [2.24, 2.45) is 5.73 Å². The first kappa shape index (κ1) is 24.3. The van der Waals surface area contributed by atoms with E-state index >= 15 is 0 Å². The molecule has 4 N–H and O–H groups in total. The van der Waals surface area contributed by atoms with Gasteiger partial charge in [-0.15, -0.1) is 6.58 Å². The van der Waals surface area contributed by atoms with Crippen molar-refractivity contribution in [3.63, 3.8) is 0 Å². The van der Waals surface area contributed by atoms with Gasteiger partial charge in [0, 0.05) is 13.0 Å². The lowest BCUT2D eigenvalue weighted by atomic mass is 10.0. The average Bonchev–Trinajstić information content (AvgIpc) is 3.21. The molecule has 0 radical (unpaired) electrons. The van der Waals surface area contributed by atoms with Gasteiger partial charge in [-0.2, -0.15) is 0 Å². The number of hydrogen-bond acceptors (Lipinski definition) is 5. The number of aldehydes is 1. The molecule has 1 aliphatic rings. The fourth-order valence-electron chi connectivity index (χ4n) is 3.59. The summed E-state index contributed by atoms with van der Waals surface area (Å²) in [7, 11) is 0. The smallest absolute Gasteiger partial charge is 0.246 e. The van der Waals surface area contributed by atoms with Gasteiger partial charge in [-0.3, -0.25) is 14.4 Å². The monoisotopic (exact) mass is 428 g/mol. The normalized spacial score (nSPS) is 18.5. The van der Waals surface area contributed by atoms with Gasteiger partial charge < -0.3 is 26.1 Å². The molecule has 1 saturated heterocycles. The summed E-state index contributed by atoms with van der Waals surface area (Å²) >= 11 is 0. The van der Waals surface area contributed by atoms with Crippen molar-refractivity contribution in [2.45, 2.75) is 63.7 Å². The zero-order valence-electron chi connectivity index (χ0n) is 18.2. The van der Waals surface area contributed by atoms with Crippen molar-refractivity contribution in [3.05, 3.63) is 48.0 Å². The molecule has 0 saturated carbocycles. The molecule has 168 valence electrons. The summed E-state index contributed by atoms with van der Waals surface area (Å²) in [5.74, 6) is -1.26.